The van der Waals surface area contributed by atoms with E-state index in [0.717, 1.165) is 26.7 Å². The molecule has 29 heavy (non-hydrogen) atoms. The maximum absolute atomic E-state index is 12.8. The zero-order valence-corrected chi connectivity index (χ0v) is 16.4. The third kappa shape index (κ3) is 2.54. The van der Waals surface area contributed by atoms with Gasteiger partial charge in [-0.3, -0.25) is 14.5 Å². The zero-order valence-electron chi connectivity index (χ0n) is 16.4. The van der Waals surface area contributed by atoms with Crippen LogP contribution in [0.5, 0.6) is 0 Å². The van der Waals surface area contributed by atoms with Gasteiger partial charge in [0.2, 0.25) is 0 Å². The molecule has 0 unspecified atom stereocenters. The van der Waals surface area contributed by atoms with Crippen molar-refractivity contribution in [2.75, 3.05) is 7.05 Å². The number of hydrogen-bond acceptors (Lipinski definition) is 3. The van der Waals surface area contributed by atoms with Gasteiger partial charge in [0.25, 0.3) is 11.8 Å². The smallest absolute Gasteiger partial charge is 0.263 e. The molecule has 0 aliphatic carbocycles. The van der Waals surface area contributed by atoms with Crippen LogP contribution in [0.15, 0.2) is 60.7 Å². The van der Waals surface area contributed by atoms with Crippen molar-refractivity contribution in [3.05, 3.63) is 77.4 Å². The molecule has 2 heterocycles. The summed E-state index contributed by atoms with van der Waals surface area (Å²) in [5, 5.41) is 11.4. The van der Waals surface area contributed by atoms with E-state index >= 15 is 0 Å². The normalized spacial score (nSPS) is 12.7. The minimum atomic E-state index is -0.312. The number of para-hydroxylation sites is 1. The molecule has 0 radical (unpaired) electrons. The number of imide groups is 1. The Balaban J connectivity index is 0.000000994. The van der Waals surface area contributed by atoms with Crippen molar-refractivity contribution in [3.63, 3.8) is 0 Å². The maximum atomic E-state index is 12.8. The van der Waals surface area contributed by atoms with E-state index in [1.807, 2.05) is 60.9 Å². The predicted molar refractivity (Wildman–Crippen MR) is 113 cm³/mol. The van der Waals surface area contributed by atoms with Crippen LogP contribution in [0.25, 0.3) is 27.5 Å². The molecule has 0 spiro atoms. The van der Waals surface area contributed by atoms with E-state index < -0.39 is 0 Å². The Bertz CT molecular complexity index is 1340. The van der Waals surface area contributed by atoms with Crippen LogP contribution < -0.4 is 0 Å². The summed E-state index contributed by atoms with van der Waals surface area (Å²) in [6.45, 7) is 4.00. The molecule has 1 aliphatic rings. The first-order valence-corrected chi connectivity index (χ1v) is 9.51. The monoisotopic (exact) mass is 381 g/mol. The van der Waals surface area contributed by atoms with Crippen LogP contribution in [0.3, 0.4) is 0 Å². The highest BCUT2D eigenvalue weighted by Crippen LogP contribution is 2.36. The molecule has 0 atom stereocenters. The third-order valence-electron chi connectivity index (χ3n) is 5.14. The Labute approximate surface area is 168 Å². The predicted octanol–water partition coefficient (Wildman–Crippen LogP) is 4.91. The molecule has 0 fully saturated rings. The Hall–Kier alpha value is -3.91. The topological polar surface area (TPSA) is 66.1 Å². The number of rotatable bonds is 1. The molecular formula is C24H19N3O2. The van der Waals surface area contributed by atoms with Crippen molar-refractivity contribution >= 4 is 33.6 Å². The molecule has 5 rings (SSSR count). The first-order chi connectivity index (χ1) is 14.1. The second-order valence-electron chi connectivity index (χ2n) is 6.57. The van der Waals surface area contributed by atoms with Crippen LogP contribution in [0, 0.1) is 11.3 Å². The van der Waals surface area contributed by atoms with Crippen molar-refractivity contribution in [1.29, 1.82) is 5.26 Å². The molecule has 3 aromatic carbocycles. The number of carbonyl (C=O) groups is 2. The summed E-state index contributed by atoms with van der Waals surface area (Å²) in [5.41, 5.74) is 3.75. The van der Waals surface area contributed by atoms with Gasteiger partial charge < -0.3 is 4.57 Å². The Morgan fingerprint density at radius 3 is 2.31 bits per heavy atom. The van der Waals surface area contributed by atoms with Gasteiger partial charge in [0.1, 0.15) is 0 Å². The van der Waals surface area contributed by atoms with Crippen molar-refractivity contribution < 1.29 is 9.59 Å². The molecule has 0 saturated heterocycles. The van der Waals surface area contributed by atoms with Gasteiger partial charge >= 0.3 is 0 Å². The van der Waals surface area contributed by atoms with Crippen molar-refractivity contribution in [3.8, 4) is 11.8 Å². The van der Waals surface area contributed by atoms with Gasteiger partial charge in [-0.05, 0) is 30.3 Å². The fraction of sp³-hybridized carbons (Fsp3) is 0.125. The first kappa shape index (κ1) is 18.5. The standard InChI is InChI=1S/C22H13N3O2.C2H6/c1-24-21(26)16-6-4-8-18(20(16)22(24)27)25-17-7-3-2-5-14(17)15-10-9-13(12-23)11-19(15)25;1-2/h2-11H,1H3;1-2H3. The van der Waals surface area contributed by atoms with E-state index in [0.29, 0.717) is 22.4 Å². The SMILES string of the molecule is CC.CN1C(=O)c2cccc(-n3c4ccccc4c4ccc(C#N)cc43)c2C1=O. The molecule has 5 heteroatoms. The van der Waals surface area contributed by atoms with Crippen molar-refractivity contribution in [2.24, 2.45) is 0 Å². The number of amides is 2. The van der Waals surface area contributed by atoms with E-state index in [-0.39, 0.29) is 11.8 Å². The van der Waals surface area contributed by atoms with Crippen LogP contribution >= 0.6 is 0 Å². The van der Waals surface area contributed by atoms with Crippen LogP contribution in [-0.4, -0.2) is 28.3 Å². The van der Waals surface area contributed by atoms with Crippen LogP contribution in [0.1, 0.15) is 40.1 Å². The van der Waals surface area contributed by atoms with Crippen LogP contribution in [0.2, 0.25) is 0 Å². The van der Waals surface area contributed by atoms with E-state index in [1.54, 1.807) is 18.2 Å². The molecule has 142 valence electrons. The highest BCUT2D eigenvalue weighted by atomic mass is 16.2. The summed E-state index contributed by atoms with van der Waals surface area (Å²) in [6.07, 6.45) is 0. The lowest BCUT2D eigenvalue weighted by Crippen LogP contribution is -2.24. The first-order valence-electron chi connectivity index (χ1n) is 9.51. The summed E-state index contributed by atoms with van der Waals surface area (Å²) in [6, 6.07) is 20.9. The molecule has 0 N–H and O–H groups in total. The van der Waals surface area contributed by atoms with Crippen LogP contribution in [0.4, 0.5) is 0 Å². The van der Waals surface area contributed by atoms with Crippen molar-refractivity contribution in [1.82, 2.24) is 9.47 Å². The number of benzene rings is 3. The fourth-order valence-corrected chi connectivity index (χ4v) is 3.87. The van der Waals surface area contributed by atoms with E-state index in [4.69, 9.17) is 0 Å². The highest BCUT2D eigenvalue weighted by molar-refractivity contribution is 6.23. The lowest BCUT2D eigenvalue weighted by atomic mass is 10.1. The Morgan fingerprint density at radius 1 is 0.828 bits per heavy atom. The summed E-state index contributed by atoms with van der Waals surface area (Å²) in [7, 11) is 1.49. The molecule has 2 amide bonds. The number of carbonyl (C=O) groups excluding carboxylic acids is 2. The lowest BCUT2D eigenvalue weighted by Gasteiger charge is -2.11. The zero-order chi connectivity index (χ0) is 20.7. The van der Waals surface area contributed by atoms with Gasteiger partial charge in [-0.25, -0.2) is 0 Å². The van der Waals surface area contributed by atoms with Gasteiger partial charge in [-0.1, -0.05) is 44.2 Å². The molecule has 5 nitrogen and oxygen atoms in total. The van der Waals surface area contributed by atoms with Gasteiger partial charge in [-0.15, -0.1) is 0 Å². The number of nitrogens with zero attached hydrogens (tertiary/aromatic N) is 3. The fourth-order valence-electron chi connectivity index (χ4n) is 3.87. The van der Waals surface area contributed by atoms with Gasteiger partial charge in [0.15, 0.2) is 0 Å². The molecule has 1 aromatic heterocycles. The highest BCUT2D eigenvalue weighted by Gasteiger charge is 2.35. The van der Waals surface area contributed by atoms with E-state index in [9.17, 15) is 14.9 Å². The third-order valence-corrected chi connectivity index (χ3v) is 5.14. The lowest BCUT2D eigenvalue weighted by molar-refractivity contribution is 0.0693. The molecule has 0 saturated carbocycles. The van der Waals surface area contributed by atoms with Gasteiger partial charge in [0.05, 0.1) is 39.5 Å². The van der Waals surface area contributed by atoms with Crippen LogP contribution in [-0.2, 0) is 0 Å². The molecule has 1 aliphatic heterocycles. The van der Waals surface area contributed by atoms with Gasteiger partial charge in [0, 0.05) is 17.8 Å². The summed E-state index contributed by atoms with van der Waals surface area (Å²) in [4.78, 5) is 26.3. The number of aromatic nitrogens is 1. The van der Waals surface area contributed by atoms with E-state index in [2.05, 4.69) is 6.07 Å². The van der Waals surface area contributed by atoms with Gasteiger partial charge in [-0.2, -0.15) is 5.26 Å². The van der Waals surface area contributed by atoms with Crippen molar-refractivity contribution in [2.45, 2.75) is 13.8 Å². The second kappa shape index (κ2) is 6.92. The minimum Gasteiger partial charge on any atom is -0.308 e. The number of nitriles is 1. The minimum absolute atomic E-state index is 0.296. The number of fused-ring (bicyclic) bond motifs is 4. The average Bonchev–Trinajstić information content (AvgIpc) is 3.22. The quantitative estimate of drug-likeness (QED) is 0.440. The maximum Gasteiger partial charge on any atom is 0.263 e. The number of hydrogen-bond donors (Lipinski definition) is 0. The summed E-state index contributed by atoms with van der Waals surface area (Å²) < 4.78 is 1.97. The molecule has 0 bridgehead atoms. The Kier molecular flexibility index (Phi) is 4.40. The summed E-state index contributed by atoms with van der Waals surface area (Å²) in [5.74, 6) is -0.608. The average molecular weight is 381 g/mol. The molecule has 4 aromatic rings. The summed E-state index contributed by atoms with van der Waals surface area (Å²) >= 11 is 0. The Morgan fingerprint density at radius 2 is 1.55 bits per heavy atom. The molecular weight excluding hydrogens is 362 g/mol. The second-order valence-corrected chi connectivity index (χ2v) is 6.57. The van der Waals surface area contributed by atoms with E-state index in [1.165, 1.54) is 7.05 Å². The largest absolute Gasteiger partial charge is 0.308 e.